The Morgan fingerprint density at radius 3 is 1.53 bits per heavy atom. The predicted molar refractivity (Wildman–Crippen MR) is 278 cm³/mol. The van der Waals surface area contributed by atoms with Gasteiger partial charge in [0.05, 0.1) is 32.0 Å². The summed E-state index contributed by atoms with van der Waals surface area (Å²) in [5.41, 5.74) is 0. The Bertz CT molecular complexity index is 1310. The Morgan fingerprint density at radius 2 is 1.00 bits per heavy atom. The van der Waals surface area contributed by atoms with Gasteiger partial charge in [-0.05, 0) is 83.5 Å². The number of allylic oxidation sites excluding steroid dienone is 9. The Morgan fingerprint density at radius 1 is 0.544 bits per heavy atom. The lowest BCUT2D eigenvalue weighted by atomic mass is 9.99. The fraction of sp³-hybridized carbons (Fsp3) is 0.789. The summed E-state index contributed by atoms with van der Waals surface area (Å²) in [4.78, 5) is 25.0. The molecule has 0 saturated carbocycles. The smallest absolute Gasteiger partial charge is 0.305 e. The van der Waals surface area contributed by atoms with E-state index in [-0.39, 0.29) is 24.9 Å². The number of esters is 1. The van der Waals surface area contributed by atoms with E-state index in [1.807, 2.05) is 18.2 Å². The highest BCUT2D eigenvalue weighted by atomic mass is 16.7. The molecule has 0 aromatic carbocycles. The van der Waals surface area contributed by atoms with Gasteiger partial charge in [-0.15, -0.1) is 0 Å². The largest absolute Gasteiger partial charge is 0.466 e. The predicted octanol–water partition coefficient (Wildman–Crippen LogP) is 11.9. The van der Waals surface area contributed by atoms with Gasteiger partial charge in [-0.25, -0.2) is 0 Å². The van der Waals surface area contributed by atoms with Crippen molar-refractivity contribution in [1.82, 2.24) is 5.32 Å². The van der Waals surface area contributed by atoms with Crippen molar-refractivity contribution in [3.05, 3.63) is 60.8 Å². The molecule has 0 aliphatic carbocycles. The molecule has 0 aromatic heterocycles. The van der Waals surface area contributed by atoms with Crippen LogP contribution in [0.4, 0.5) is 0 Å². The van der Waals surface area contributed by atoms with Crippen molar-refractivity contribution in [2.45, 2.75) is 269 Å². The molecule has 394 valence electrons. The van der Waals surface area contributed by atoms with E-state index in [1.165, 1.54) is 116 Å². The molecule has 1 saturated heterocycles. The first-order valence-corrected chi connectivity index (χ1v) is 27.6. The van der Waals surface area contributed by atoms with Crippen LogP contribution < -0.4 is 5.32 Å². The molecular formula is C57H101NO10. The molecule has 1 aliphatic rings. The van der Waals surface area contributed by atoms with Crippen molar-refractivity contribution in [1.29, 1.82) is 0 Å². The van der Waals surface area contributed by atoms with Crippen LogP contribution in [-0.4, -0.2) is 100 Å². The monoisotopic (exact) mass is 960 g/mol. The lowest BCUT2D eigenvalue weighted by Gasteiger charge is -2.40. The van der Waals surface area contributed by atoms with E-state index in [0.29, 0.717) is 19.4 Å². The highest BCUT2D eigenvalue weighted by Gasteiger charge is 2.44. The molecule has 1 aliphatic heterocycles. The minimum atomic E-state index is -1.59. The van der Waals surface area contributed by atoms with Gasteiger partial charge < -0.3 is 45.1 Å². The number of unbranched alkanes of at least 4 members (excludes halogenated alkanes) is 24. The van der Waals surface area contributed by atoms with E-state index in [4.69, 9.17) is 14.2 Å². The standard InChI is InChI=1S/C57H101NO10/c1-3-5-7-9-11-13-14-15-16-17-18-19-22-25-29-33-37-41-45-53(62)66-46-42-38-34-30-26-23-20-21-24-28-32-36-40-44-52(61)58-49(50(60)43-39-35-31-27-12-10-8-6-4-2)48-67-57-56(65)55(64)54(63)51(47-59)68-57/h13-14,16-17,21,24,32,36,39,43,49-51,54-57,59-60,63-65H,3-12,15,18-20,22-23,25-31,33-35,37-38,40-42,44-48H2,1-2H3,(H,58,61)/b14-13-,17-16-,24-21-,36-32-,43-39+. The van der Waals surface area contributed by atoms with E-state index >= 15 is 0 Å². The van der Waals surface area contributed by atoms with Gasteiger partial charge in [-0.2, -0.15) is 0 Å². The Labute approximate surface area is 414 Å². The number of aliphatic hydroxyl groups is 5. The molecule has 11 heteroatoms. The topological polar surface area (TPSA) is 175 Å². The number of amides is 1. The Kier molecular flexibility index (Phi) is 43.5. The molecule has 1 rings (SSSR count). The summed E-state index contributed by atoms with van der Waals surface area (Å²) in [6.45, 7) is 4.18. The lowest BCUT2D eigenvalue weighted by molar-refractivity contribution is -0.302. The number of hydrogen-bond donors (Lipinski definition) is 6. The third-order valence-electron chi connectivity index (χ3n) is 12.6. The minimum absolute atomic E-state index is 0.0479. The molecule has 1 heterocycles. The zero-order valence-electron chi connectivity index (χ0n) is 43.0. The number of rotatable bonds is 46. The van der Waals surface area contributed by atoms with Gasteiger partial charge in [0.2, 0.25) is 5.91 Å². The molecule has 7 unspecified atom stereocenters. The van der Waals surface area contributed by atoms with Crippen molar-refractivity contribution in [3.8, 4) is 0 Å². The first-order valence-electron chi connectivity index (χ1n) is 27.6. The summed E-state index contributed by atoms with van der Waals surface area (Å²) < 4.78 is 16.6. The lowest BCUT2D eigenvalue weighted by Crippen LogP contribution is -2.60. The van der Waals surface area contributed by atoms with Gasteiger partial charge in [0, 0.05) is 12.8 Å². The molecule has 0 bridgehead atoms. The average Bonchev–Trinajstić information content (AvgIpc) is 3.33. The van der Waals surface area contributed by atoms with Crippen molar-refractivity contribution < 1.29 is 49.3 Å². The summed E-state index contributed by atoms with van der Waals surface area (Å²) in [7, 11) is 0. The number of aliphatic hydroxyl groups excluding tert-OH is 5. The number of carbonyl (C=O) groups excluding carboxylic acids is 2. The third kappa shape index (κ3) is 36.3. The summed E-state index contributed by atoms with van der Waals surface area (Å²) in [6.07, 6.45) is 49.0. The summed E-state index contributed by atoms with van der Waals surface area (Å²) >= 11 is 0. The maximum Gasteiger partial charge on any atom is 0.305 e. The molecule has 0 radical (unpaired) electrons. The van der Waals surface area contributed by atoms with Gasteiger partial charge in [-0.3, -0.25) is 9.59 Å². The Hall–Kier alpha value is -2.64. The second-order valence-electron chi connectivity index (χ2n) is 18.9. The second kappa shape index (κ2) is 46.7. The second-order valence-corrected chi connectivity index (χ2v) is 18.9. The van der Waals surface area contributed by atoms with Gasteiger partial charge in [0.1, 0.15) is 24.4 Å². The maximum absolute atomic E-state index is 12.9. The van der Waals surface area contributed by atoms with Gasteiger partial charge in [0.15, 0.2) is 6.29 Å². The van der Waals surface area contributed by atoms with Gasteiger partial charge in [-0.1, -0.05) is 190 Å². The molecule has 6 N–H and O–H groups in total. The summed E-state index contributed by atoms with van der Waals surface area (Å²) in [5.74, 6) is -0.315. The van der Waals surface area contributed by atoms with Crippen molar-refractivity contribution in [2.75, 3.05) is 19.8 Å². The van der Waals surface area contributed by atoms with Gasteiger partial charge >= 0.3 is 5.97 Å². The third-order valence-corrected chi connectivity index (χ3v) is 12.6. The number of nitrogens with one attached hydrogen (secondary N) is 1. The zero-order valence-corrected chi connectivity index (χ0v) is 43.0. The van der Waals surface area contributed by atoms with Crippen molar-refractivity contribution >= 4 is 11.9 Å². The molecule has 1 fully saturated rings. The van der Waals surface area contributed by atoms with Gasteiger partial charge in [0.25, 0.3) is 0 Å². The van der Waals surface area contributed by atoms with Crippen molar-refractivity contribution in [3.63, 3.8) is 0 Å². The summed E-state index contributed by atoms with van der Waals surface area (Å²) in [6, 6.07) is -0.854. The van der Waals surface area contributed by atoms with E-state index in [9.17, 15) is 35.1 Å². The summed E-state index contributed by atoms with van der Waals surface area (Å²) in [5, 5.41) is 54.0. The van der Waals surface area contributed by atoms with Crippen LogP contribution in [0.15, 0.2) is 60.8 Å². The first-order chi connectivity index (χ1) is 33.2. The van der Waals surface area contributed by atoms with Crippen LogP contribution in [0.3, 0.4) is 0 Å². The van der Waals surface area contributed by atoms with Crippen LogP contribution in [0.5, 0.6) is 0 Å². The van der Waals surface area contributed by atoms with Crippen LogP contribution in [0.25, 0.3) is 0 Å². The Balaban J connectivity index is 2.13. The number of hydrogen-bond acceptors (Lipinski definition) is 10. The van der Waals surface area contributed by atoms with E-state index in [1.54, 1.807) is 6.08 Å². The fourth-order valence-corrected chi connectivity index (χ4v) is 8.16. The zero-order chi connectivity index (χ0) is 49.6. The molecule has 68 heavy (non-hydrogen) atoms. The molecule has 0 spiro atoms. The van der Waals surface area contributed by atoms with E-state index < -0.39 is 49.5 Å². The molecule has 1 amide bonds. The fourth-order valence-electron chi connectivity index (χ4n) is 8.16. The van der Waals surface area contributed by atoms with E-state index in [2.05, 4.69) is 55.6 Å². The molecule has 11 nitrogen and oxygen atoms in total. The molecular weight excluding hydrogens is 859 g/mol. The quantitative estimate of drug-likeness (QED) is 0.0196. The molecule has 0 aromatic rings. The molecule has 7 atom stereocenters. The number of carbonyl (C=O) groups is 2. The van der Waals surface area contributed by atoms with Crippen LogP contribution in [0.2, 0.25) is 0 Å². The average molecular weight is 960 g/mol. The first kappa shape index (κ1) is 63.4. The van der Waals surface area contributed by atoms with Crippen LogP contribution in [-0.2, 0) is 23.8 Å². The SMILES string of the molecule is CCCCCC/C=C\C/C=C\CCCCCCCCCC(=O)OCCCCCCCC/C=C\C/C=C\CCC(=O)NC(COC1OC(CO)C(O)C(O)C1O)C(O)/C=C/CCCCCCCCC. The van der Waals surface area contributed by atoms with Crippen LogP contribution in [0.1, 0.15) is 226 Å². The number of ether oxygens (including phenoxy) is 3. The van der Waals surface area contributed by atoms with Crippen molar-refractivity contribution in [2.24, 2.45) is 0 Å². The van der Waals surface area contributed by atoms with Crippen LogP contribution >= 0.6 is 0 Å². The van der Waals surface area contributed by atoms with E-state index in [0.717, 1.165) is 77.0 Å². The highest BCUT2D eigenvalue weighted by Crippen LogP contribution is 2.23. The normalized spacial score (nSPS) is 19.9. The van der Waals surface area contributed by atoms with Crippen LogP contribution in [0, 0.1) is 0 Å². The highest BCUT2D eigenvalue weighted by molar-refractivity contribution is 5.76. The minimum Gasteiger partial charge on any atom is -0.466 e. The maximum atomic E-state index is 12.9.